The van der Waals surface area contributed by atoms with Crippen LogP contribution in [0.15, 0.2) is 24.3 Å². The number of carbonyl (C=O) groups is 3. The molecule has 0 radical (unpaired) electrons. The largest absolute Gasteiger partial charge is 0.468 e. The lowest BCUT2D eigenvalue weighted by atomic mass is 9.96. The maximum Gasteiger partial charge on any atom is 0.410 e. The summed E-state index contributed by atoms with van der Waals surface area (Å²) in [7, 11) is 4.10. The summed E-state index contributed by atoms with van der Waals surface area (Å²) in [6.07, 6.45) is 0.134. The molecule has 0 aromatic heterocycles. The van der Waals surface area contributed by atoms with Crippen molar-refractivity contribution in [1.82, 2.24) is 4.90 Å². The molecule has 0 aliphatic rings. The Morgan fingerprint density at radius 2 is 1.65 bits per heavy atom. The smallest absolute Gasteiger partial charge is 0.410 e. The van der Waals surface area contributed by atoms with Crippen LogP contribution in [0.3, 0.4) is 0 Å². The monoisotopic (exact) mass is 365 g/mol. The zero-order valence-corrected chi connectivity index (χ0v) is 16.2. The van der Waals surface area contributed by atoms with Gasteiger partial charge in [-0.2, -0.15) is 0 Å². The van der Waals surface area contributed by atoms with Crippen LogP contribution in [0.1, 0.15) is 37.8 Å². The molecule has 7 heteroatoms. The van der Waals surface area contributed by atoms with E-state index in [0.29, 0.717) is 18.5 Å². The maximum atomic E-state index is 12.0. The van der Waals surface area contributed by atoms with Crippen molar-refractivity contribution in [3.8, 4) is 0 Å². The van der Waals surface area contributed by atoms with Crippen molar-refractivity contribution in [3.05, 3.63) is 35.4 Å². The number of carbonyl (C=O) groups excluding carboxylic acids is 3. The van der Waals surface area contributed by atoms with Crippen molar-refractivity contribution in [2.45, 2.75) is 38.7 Å². The minimum atomic E-state index is -1.13. The third kappa shape index (κ3) is 6.38. The van der Waals surface area contributed by atoms with E-state index in [1.807, 2.05) is 26.8 Å². The molecule has 0 saturated carbocycles. The fraction of sp³-hybridized carbons (Fsp3) is 0.526. The fourth-order valence-electron chi connectivity index (χ4n) is 2.26. The highest BCUT2D eigenvalue weighted by Gasteiger charge is 2.30. The zero-order chi connectivity index (χ0) is 19.9. The summed E-state index contributed by atoms with van der Waals surface area (Å²) in [6, 6.07) is 7.01. The van der Waals surface area contributed by atoms with Crippen molar-refractivity contribution < 1.29 is 28.6 Å². The lowest BCUT2D eigenvalue weighted by molar-refractivity contribution is -0.154. The van der Waals surface area contributed by atoms with Gasteiger partial charge in [-0.05, 0) is 38.3 Å². The minimum absolute atomic E-state index is 0.407. The molecular formula is C19H27NO6. The zero-order valence-electron chi connectivity index (χ0n) is 16.2. The number of esters is 2. The number of rotatable bonds is 6. The van der Waals surface area contributed by atoms with Gasteiger partial charge < -0.3 is 19.1 Å². The van der Waals surface area contributed by atoms with E-state index in [1.54, 1.807) is 25.2 Å². The van der Waals surface area contributed by atoms with Crippen molar-refractivity contribution in [2.75, 3.05) is 27.8 Å². The van der Waals surface area contributed by atoms with Crippen molar-refractivity contribution >= 4 is 18.0 Å². The second-order valence-electron chi connectivity index (χ2n) is 6.88. The first kappa shape index (κ1) is 21.5. The summed E-state index contributed by atoms with van der Waals surface area (Å²) in [5.41, 5.74) is 0.802. The van der Waals surface area contributed by atoms with E-state index < -0.39 is 29.6 Å². The Bertz CT molecular complexity index is 634. The molecule has 144 valence electrons. The van der Waals surface area contributed by atoms with E-state index in [2.05, 4.69) is 0 Å². The Morgan fingerprint density at radius 3 is 2.15 bits per heavy atom. The standard InChI is InChI=1S/C19H27NO6/c1-19(2,3)26-18(23)20(4)11-10-13-8-7-9-14(12-13)15(16(21)24-5)17(22)25-6/h7-9,12,15H,10-11H2,1-6H3. The van der Waals surface area contributed by atoms with E-state index in [4.69, 9.17) is 14.2 Å². The molecule has 0 aliphatic carbocycles. The number of ether oxygens (including phenoxy) is 3. The number of nitrogens with zero attached hydrogens (tertiary/aromatic N) is 1. The Morgan fingerprint density at radius 1 is 1.08 bits per heavy atom. The van der Waals surface area contributed by atoms with E-state index in [-0.39, 0.29) is 0 Å². The van der Waals surface area contributed by atoms with Crippen LogP contribution in [0.25, 0.3) is 0 Å². The molecule has 26 heavy (non-hydrogen) atoms. The number of benzene rings is 1. The third-order valence-electron chi connectivity index (χ3n) is 3.60. The highest BCUT2D eigenvalue weighted by Crippen LogP contribution is 2.21. The lowest BCUT2D eigenvalue weighted by Gasteiger charge is -2.24. The van der Waals surface area contributed by atoms with Gasteiger partial charge in [-0.15, -0.1) is 0 Å². The SMILES string of the molecule is COC(=O)C(C(=O)OC)c1cccc(CCN(C)C(=O)OC(C)(C)C)c1. The molecule has 1 amide bonds. The van der Waals surface area contributed by atoms with Crippen LogP contribution in [0, 0.1) is 0 Å². The van der Waals surface area contributed by atoms with Crippen LogP contribution in [-0.2, 0) is 30.2 Å². The van der Waals surface area contributed by atoms with Crippen LogP contribution >= 0.6 is 0 Å². The summed E-state index contributed by atoms with van der Waals surface area (Å²) in [4.78, 5) is 37.3. The lowest BCUT2D eigenvalue weighted by Crippen LogP contribution is -2.35. The number of hydrogen-bond acceptors (Lipinski definition) is 6. The van der Waals surface area contributed by atoms with Gasteiger partial charge in [0.25, 0.3) is 0 Å². The van der Waals surface area contributed by atoms with Crippen LogP contribution in [0.5, 0.6) is 0 Å². The van der Waals surface area contributed by atoms with E-state index in [1.165, 1.54) is 19.1 Å². The van der Waals surface area contributed by atoms with Gasteiger partial charge in [-0.25, -0.2) is 4.79 Å². The average Bonchev–Trinajstić information content (AvgIpc) is 2.58. The van der Waals surface area contributed by atoms with Gasteiger partial charge in [0.15, 0.2) is 5.92 Å². The molecule has 7 nitrogen and oxygen atoms in total. The molecule has 0 fully saturated rings. The minimum Gasteiger partial charge on any atom is -0.468 e. The quantitative estimate of drug-likeness (QED) is 0.438. The van der Waals surface area contributed by atoms with Crippen molar-refractivity contribution in [2.24, 2.45) is 0 Å². The predicted octanol–water partition coefficient (Wildman–Crippen LogP) is 2.53. The van der Waals surface area contributed by atoms with Crippen LogP contribution in [0.2, 0.25) is 0 Å². The predicted molar refractivity (Wildman–Crippen MR) is 95.8 cm³/mol. The first-order valence-corrected chi connectivity index (χ1v) is 8.27. The third-order valence-corrected chi connectivity index (χ3v) is 3.60. The number of amides is 1. The molecule has 0 saturated heterocycles. The van der Waals surface area contributed by atoms with Crippen molar-refractivity contribution in [1.29, 1.82) is 0 Å². The van der Waals surface area contributed by atoms with Gasteiger partial charge >= 0.3 is 18.0 Å². The van der Waals surface area contributed by atoms with E-state index in [9.17, 15) is 14.4 Å². The molecular weight excluding hydrogens is 338 g/mol. The van der Waals surface area contributed by atoms with E-state index >= 15 is 0 Å². The van der Waals surface area contributed by atoms with Crippen LogP contribution in [-0.4, -0.2) is 56.3 Å². The second-order valence-corrected chi connectivity index (χ2v) is 6.88. The van der Waals surface area contributed by atoms with Gasteiger partial charge in [-0.1, -0.05) is 24.3 Å². The summed E-state index contributed by atoms with van der Waals surface area (Å²) >= 11 is 0. The summed E-state index contributed by atoms with van der Waals surface area (Å²) in [5, 5.41) is 0. The fourth-order valence-corrected chi connectivity index (χ4v) is 2.26. The molecule has 0 heterocycles. The molecule has 0 N–H and O–H groups in total. The molecule has 0 unspecified atom stereocenters. The Balaban J connectivity index is 2.84. The van der Waals surface area contributed by atoms with Gasteiger partial charge in [0.2, 0.25) is 0 Å². The number of hydrogen-bond donors (Lipinski definition) is 0. The van der Waals surface area contributed by atoms with Crippen LogP contribution in [0.4, 0.5) is 4.79 Å². The molecule has 1 aromatic rings. The summed E-state index contributed by atoms with van der Waals surface area (Å²) in [5.74, 6) is -2.49. The first-order valence-electron chi connectivity index (χ1n) is 8.27. The number of methoxy groups -OCH3 is 2. The molecule has 1 aromatic carbocycles. The molecule has 0 spiro atoms. The maximum absolute atomic E-state index is 12.0. The van der Waals surface area contributed by atoms with Gasteiger partial charge in [-0.3, -0.25) is 9.59 Å². The van der Waals surface area contributed by atoms with Crippen LogP contribution < -0.4 is 0 Å². The first-order chi connectivity index (χ1) is 12.1. The number of likely N-dealkylation sites (N-methyl/N-ethyl adjacent to an activating group) is 1. The van der Waals surface area contributed by atoms with Gasteiger partial charge in [0.05, 0.1) is 14.2 Å². The highest BCUT2D eigenvalue weighted by molar-refractivity contribution is 6.00. The normalized spacial score (nSPS) is 11.0. The average molecular weight is 365 g/mol. The summed E-state index contributed by atoms with van der Waals surface area (Å²) < 4.78 is 14.7. The van der Waals surface area contributed by atoms with Crippen molar-refractivity contribution in [3.63, 3.8) is 0 Å². The molecule has 0 bridgehead atoms. The highest BCUT2D eigenvalue weighted by atomic mass is 16.6. The van der Waals surface area contributed by atoms with Gasteiger partial charge in [0, 0.05) is 13.6 Å². The molecule has 1 rings (SSSR count). The molecule has 0 atom stereocenters. The van der Waals surface area contributed by atoms with E-state index in [0.717, 1.165) is 5.56 Å². The summed E-state index contributed by atoms with van der Waals surface area (Å²) in [6.45, 7) is 5.85. The Labute approximate surface area is 154 Å². The molecule has 0 aliphatic heterocycles. The Kier molecular flexibility index (Phi) is 7.61. The van der Waals surface area contributed by atoms with Gasteiger partial charge in [0.1, 0.15) is 5.60 Å². The topological polar surface area (TPSA) is 82.1 Å². The Hall–Kier alpha value is -2.57. The second kappa shape index (κ2) is 9.22.